The van der Waals surface area contributed by atoms with E-state index < -0.39 is 0 Å². The molecular formula is C16H15BrN2S. The SMILES string of the molecule is CCSc1cccc(Nc2cc(C)ccc2Br)c1C#N. The van der Waals surface area contributed by atoms with E-state index >= 15 is 0 Å². The molecule has 2 nitrogen and oxygen atoms in total. The number of anilines is 2. The number of nitrogens with zero attached hydrogens (tertiary/aromatic N) is 1. The summed E-state index contributed by atoms with van der Waals surface area (Å²) >= 11 is 5.22. The minimum Gasteiger partial charge on any atom is -0.353 e. The maximum absolute atomic E-state index is 9.41. The van der Waals surface area contributed by atoms with E-state index in [1.807, 2.05) is 37.3 Å². The Kier molecular flexibility index (Phi) is 5.11. The number of thioether (sulfide) groups is 1. The minimum absolute atomic E-state index is 0.702. The molecule has 0 heterocycles. The van der Waals surface area contributed by atoms with Gasteiger partial charge in [0.05, 0.1) is 16.9 Å². The fraction of sp³-hybridized carbons (Fsp3) is 0.188. The highest BCUT2D eigenvalue weighted by Gasteiger charge is 2.09. The van der Waals surface area contributed by atoms with Gasteiger partial charge in [0.25, 0.3) is 0 Å². The van der Waals surface area contributed by atoms with Crippen molar-refractivity contribution in [1.29, 1.82) is 5.26 Å². The lowest BCUT2D eigenvalue weighted by Gasteiger charge is -2.13. The standard InChI is InChI=1S/C16H15BrN2S/c1-3-20-16-6-4-5-14(12(16)10-18)19-15-9-11(2)7-8-13(15)17/h4-9,19H,3H2,1-2H3. The number of benzene rings is 2. The Morgan fingerprint density at radius 3 is 2.75 bits per heavy atom. The van der Waals surface area contributed by atoms with E-state index in [1.54, 1.807) is 11.8 Å². The second-order valence-corrected chi connectivity index (χ2v) is 6.49. The van der Waals surface area contributed by atoms with Crippen LogP contribution in [0.25, 0.3) is 0 Å². The molecule has 0 spiro atoms. The van der Waals surface area contributed by atoms with Gasteiger partial charge in [-0.3, -0.25) is 0 Å². The summed E-state index contributed by atoms with van der Waals surface area (Å²) in [4.78, 5) is 1.02. The highest BCUT2D eigenvalue weighted by molar-refractivity contribution is 9.10. The summed E-state index contributed by atoms with van der Waals surface area (Å²) in [6.07, 6.45) is 0. The molecule has 0 amide bonds. The van der Waals surface area contributed by atoms with Crippen molar-refractivity contribution < 1.29 is 0 Å². The first-order valence-corrected chi connectivity index (χ1v) is 8.12. The Morgan fingerprint density at radius 2 is 2.05 bits per heavy atom. The maximum Gasteiger partial charge on any atom is 0.103 e. The van der Waals surface area contributed by atoms with Crippen LogP contribution in [0.2, 0.25) is 0 Å². The van der Waals surface area contributed by atoms with Crippen molar-refractivity contribution in [3.8, 4) is 6.07 Å². The van der Waals surface area contributed by atoms with E-state index in [4.69, 9.17) is 0 Å². The van der Waals surface area contributed by atoms with Gasteiger partial charge in [-0.15, -0.1) is 11.8 Å². The predicted molar refractivity (Wildman–Crippen MR) is 89.7 cm³/mol. The van der Waals surface area contributed by atoms with Crippen LogP contribution in [-0.2, 0) is 0 Å². The maximum atomic E-state index is 9.41. The molecule has 102 valence electrons. The normalized spacial score (nSPS) is 10.1. The zero-order chi connectivity index (χ0) is 14.5. The van der Waals surface area contributed by atoms with Crippen molar-refractivity contribution in [1.82, 2.24) is 0 Å². The molecule has 0 aliphatic rings. The van der Waals surface area contributed by atoms with Gasteiger partial charge in [-0.05, 0) is 58.4 Å². The molecule has 4 heteroatoms. The number of hydrogen-bond acceptors (Lipinski definition) is 3. The number of hydrogen-bond donors (Lipinski definition) is 1. The molecule has 20 heavy (non-hydrogen) atoms. The number of halogens is 1. The fourth-order valence-electron chi connectivity index (χ4n) is 1.91. The third kappa shape index (κ3) is 3.36. The van der Waals surface area contributed by atoms with Crippen LogP contribution in [0.4, 0.5) is 11.4 Å². The van der Waals surface area contributed by atoms with Gasteiger partial charge >= 0.3 is 0 Å². The van der Waals surface area contributed by atoms with Gasteiger partial charge in [0.1, 0.15) is 6.07 Å². The van der Waals surface area contributed by atoms with Gasteiger partial charge in [0, 0.05) is 9.37 Å². The predicted octanol–water partition coefficient (Wildman–Crippen LogP) is 5.48. The quantitative estimate of drug-likeness (QED) is 0.744. The van der Waals surface area contributed by atoms with Crippen LogP contribution in [-0.4, -0.2) is 5.75 Å². The second kappa shape index (κ2) is 6.83. The largest absolute Gasteiger partial charge is 0.353 e. The molecule has 0 bridgehead atoms. The minimum atomic E-state index is 0.702. The summed E-state index contributed by atoms with van der Waals surface area (Å²) < 4.78 is 0.987. The third-order valence-corrected chi connectivity index (χ3v) is 4.46. The Bertz CT molecular complexity index is 662. The molecular weight excluding hydrogens is 332 g/mol. The van der Waals surface area contributed by atoms with Gasteiger partial charge in [-0.1, -0.05) is 19.1 Å². The van der Waals surface area contributed by atoms with Gasteiger partial charge < -0.3 is 5.32 Å². The first-order chi connectivity index (χ1) is 9.65. The van der Waals surface area contributed by atoms with Crippen LogP contribution >= 0.6 is 27.7 Å². The van der Waals surface area contributed by atoms with Crippen LogP contribution in [0.5, 0.6) is 0 Å². The zero-order valence-corrected chi connectivity index (χ0v) is 13.8. The van der Waals surface area contributed by atoms with E-state index in [1.165, 1.54) is 5.56 Å². The Hall–Kier alpha value is -1.44. The first kappa shape index (κ1) is 15.0. The summed E-state index contributed by atoms with van der Waals surface area (Å²) in [6.45, 7) is 4.13. The molecule has 0 aromatic heterocycles. The smallest absolute Gasteiger partial charge is 0.103 e. The van der Waals surface area contributed by atoms with E-state index in [-0.39, 0.29) is 0 Å². The van der Waals surface area contributed by atoms with Crippen LogP contribution in [0.15, 0.2) is 45.8 Å². The Labute approximate surface area is 132 Å². The highest BCUT2D eigenvalue weighted by Crippen LogP contribution is 2.32. The number of nitrogens with one attached hydrogen (secondary N) is 1. The van der Waals surface area contributed by atoms with Crippen molar-refractivity contribution >= 4 is 39.1 Å². The van der Waals surface area contributed by atoms with Crippen molar-refractivity contribution in [3.05, 3.63) is 52.0 Å². The first-order valence-electron chi connectivity index (χ1n) is 6.34. The van der Waals surface area contributed by atoms with Gasteiger partial charge in [0.15, 0.2) is 0 Å². The molecule has 0 aliphatic carbocycles. The average molecular weight is 347 g/mol. The van der Waals surface area contributed by atoms with E-state index in [2.05, 4.69) is 40.3 Å². The molecule has 0 radical (unpaired) electrons. The molecule has 2 aromatic carbocycles. The summed E-state index contributed by atoms with van der Waals surface area (Å²) in [5.74, 6) is 0.951. The van der Waals surface area contributed by atoms with Crippen molar-refractivity contribution in [3.63, 3.8) is 0 Å². The van der Waals surface area contributed by atoms with Crippen LogP contribution < -0.4 is 5.32 Å². The molecule has 0 saturated carbocycles. The van der Waals surface area contributed by atoms with E-state index in [9.17, 15) is 5.26 Å². The topological polar surface area (TPSA) is 35.8 Å². The number of aryl methyl sites for hydroxylation is 1. The summed E-state index contributed by atoms with van der Waals surface area (Å²) in [6, 6.07) is 14.3. The molecule has 0 atom stereocenters. The van der Waals surface area contributed by atoms with Crippen LogP contribution in [0, 0.1) is 18.3 Å². The lowest BCUT2D eigenvalue weighted by atomic mass is 10.1. The number of rotatable bonds is 4. The lowest BCUT2D eigenvalue weighted by molar-refractivity contribution is 1.34. The van der Waals surface area contributed by atoms with Crippen LogP contribution in [0.3, 0.4) is 0 Å². The Morgan fingerprint density at radius 1 is 1.25 bits per heavy atom. The summed E-state index contributed by atoms with van der Waals surface area (Å²) in [5.41, 5.74) is 3.69. The highest BCUT2D eigenvalue weighted by atomic mass is 79.9. The van der Waals surface area contributed by atoms with Gasteiger partial charge in [0.2, 0.25) is 0 Å². The third-order valence-electron chi connectivity index (χ3n) is 2.83. The molecule has 2 rings (SSSR count). The molecule has 0 unspecified atom stereocenters. The average Bonchev–Trinajstić information content (AvgIpc) is 2.43. The zero-order valence-electron chi connectivity index (χ0n) is 11.4. The fourth-order valence-corrected chi connectivity index (χ4v) is 3.04. The monoisotopic (exact) mass is 346 g/mol. The second-order valence-electron chi connectivity index (χ2n) is 4.33. The summed E-state index contributed by atoms with van der Waals surface area (Å²) in [7, 11) is 0. The number of nitriles is 1. The Balaban J connectivity index is 2.41. The van der Waals surface area contributed by atoms with Gasteiger partial charge in [-0.2, -0.15) is 5.26 Å². The molecule has 2 aromatic rings. The van der Waals surface area contributed by atoms with Crippen LogP contribution in [0.1, 0.15) is 18.1 Å². The van der Waals surface area contributed by atoms with Crippen molar-refractivity contribution in [2.75, 3.05) is 11.1 Å². The van der Waals surface area contributed by atoms with Crippen molar-refractivity contribution in [2.24, 2.45) is 0 Å². The van der Waals surface area contributed by atoms with E-state index in [0.717, 1.165) is 26.5 Å². The van der Waals surface area contributed by atoms with E-state index in [0.29, 0.717) is 5.56 Å². The summed E-state index contributed by atoms with van der Waals surface area (Å²) in [5, 5.41) is 12.8. The lowest BCUT2D eigenvalue weighted by Crippen LogP contribution is -1.96. The molecule has 0 aliphatic heterocycles. The molecule has 0 fully saturated rings. The molecule has 0 saturated heterocycles. The van der Waals surface area contributed by atoms with Crippen molar-refractivity contribution in [2.45, 2.75) is 18.7 Å². The van der Waals surface area contributed by atoms with Gasteiger partial charge in [-0.25, -0.2) is 0 Å². The molecule has 1 N–H and O–H groups in total.